The molecule has 0 radical (unpaired) electrons. The Morgan fingerprint density at radius 3 is 2.24 bits per heavy atom. The summed E-state index contributed by atoms with van der Waals surface area (Å²) in [5.41, 5.74) is 6.15. The van der Waals surface area contributed by atoms with Crippen molar-refractivity contribution in [3.05, 3.63) is 88.9 Å². The number of anilines is 2. The molecule has 2 heterocycles. The van der Waals surface area contributed by atoms with Crippen LogP contribution in [0.3, 0.4) is 0 Å². The number of rotatable bonds is 5. The number of nitrogens with zero attached hydrogens (tertiary/aromatic N) is 2. The van der Waals surface area contributed by atoms with Crippen LogP contribution in [0.25, 0.3) is 16.8 Å². The molecule has 1 N–H and O–H groups in total. The summed E-state index contributed by atoms with van der Waals surface area (Å²) in [6.45, 7) is 2.07. The van der Waals surface area contributed by atoms with Crippen molar-refractivity contribution in [2.75, 3.05) is 24.3 Å². The standard InChI is InChI=1S/C24H23N3OS/c1-17-6-8-18(9-7-17)21-16-29-23(22(21)27-14-4-5-15-27)24(28)25-19-10-12-20(13-11-19)26(2)3/h4-16H,1-3H3,(H,25,28). The van der Waals surface area contributed by atoms with Crippen molar-refractivity contribution in [1.29, 1.82) is 0 Å². The lowest BCUT2D eigenvalue weighted by molar-refractivity contribution is 0.103. The van der Waals surface area contributed by atoms with Gasteiger partial charge in [-0.05, 0) is 48.9 Å². The van der Waals surface area contributed by atoms with Gasteiger partial charge in [0.1, 0.15) is 4.88 Å². The summed E-state index contributed by atoms with van der Waals surface area (Å²) in [6.07, 6.45) is 3.95. The monoisotopic (exact) mass is 401 g/mol. The van der Waals surface area contributed by atoms with E-state index >= 15 is 0 Å². The molecule has 0 spiro atoms. The van der Waals surface area contributed by atoms with Gasteiger partial charge in [-0.3, -0.25) is 4.79 Å². The Hall–Kier alpha value is -3.31. The molecule has 0 atom stereocenters. The zero-order valence-corrected chi connectivity index (χ0v) is 17.5. The van der Waals surface area contributed by atoms with Crippen LogP contribution in [0.5, 0.6) is 0 Å². The van der Waals surface area contributed by atoms with Crippen LogP contribution in [-0.4, -0.2) is 24.6 Å². The first-order chi connectivity index (χ1) is 14.0. The van der Waals surface area contributed by atoms with Gasteiger partial charge in [-0.15, -0.1) is 11.3 Å². The number of carbonyl (C=O) groups excluding carboxylic acids is 1. The Morgan fingerprint density at radius 1 is 0.966 bits per heavy atom. The third-order valence-electron chi connectivity index (χ3n) is 4.84. The van der Waals surface area contributed by atoms with Crippen molar-refractivity contribution in [3.8, 4) is 16.8 Å². The molecule has 0 aliphatic carbocycles. The average Bonchev–Trinajstić information content (AvgIpc) is 3.38. The molecule has 0 aliphatic rings. The molecular formula is C24H23N3OS. The fourth-order valence-electron chi connectivity index (χ4n) is 3.22. The second-order valence-corrected chi connectivity index (χ2v) is 8.06. The van der Waals surface area contributed by atoms with Gasteiger partial charge in [0.25, 0.3) is 5.91 Å². The first kappa shape index (κ1) is 19.0. The fraction of sp³-hybridized carbons (Fsp3) is 0.125. The summed E-state index contributed by atoms with van der Waals surface area (Å²) in [7, 11) is 3.99. The van der Waals surface area contributed by atoms with E-state index in [1.165, 1.54) is 16.9 Å². The van der Waals surface area contributed by atoms with E-state index in [0.717, 1.165) is 28.2 Å². The summed E-state index contributed by atoms with van der Waals surface area (Å²) in [6, 6.07) is 20.2. The van der Waals surface area contributed by atoms with Crippen LogP contribution >= 0.6 is 11.3 Å². The zero-order chi connectivity index (χ0) is 20.4. The molecule has 0 fully saturated rings. The molecule has 0 unspecified atom stereocenters. The highest BCUT2D eigenvalue weighted by atomic mass is 32.1. The molecule has 2 aromatic heterocycles. The lowest BCUT2D eigenvalue weighted by atomic mass is 10.0. The Bertz CT molecular complexity index is 1110. The summed E-state index contributed by atoms with van der Waals surface area (Å²) in [5.74, 6) is -0.102. The molecule has 146 valence electrons. The van der Waals surface area contributed by atoms with Crippen molar-refractivity contribution in [2.24, 2.45) is 0 Å². The minimum absolute atomic E-state index is 0.102. The van der Waals surface area contributed by atoms with Crippen LogP contribution in [0.2, 0.25) is 0 Å². The van der Waals surface area contributed by atoms with Gasteiger partial charge in [-0.25, -0.2) is 0 Å². The SMILES string of the molecule is Cc1ccc(-c2csc(C(=O)Nc3ccc(N(C)C)cc3)c2-n2cccc2)cc1. The molecule has 0 bridgehead atoms. The molecular weight excluding hydrogens is 378 g/mol. The Kier molecular flexibility index (Phi) is 5.23. The molecule has 0 saturated heterocycles. The summed E-state index contributed by atoms with van der Waals surface area (Å²) >= 11 is 1.47. The van der Waals surface area contributed by atoms with Crippen LogP contribution in [0.15, 0.2) is 78.4 Å². The largest absolute Gasteiger partial charge is 0.378 e. The number of amides is 1. The zero-order valence-electron chi connectivity index (χ0n) is 16.7. The van der Waals surface area contributed by atoms with Gasteiger partial charge in [0.2, 0.25) is 0 Å². The van der Waals surface area contributed by atoms with Crippen LogP contribution in [-0.2, 0) is 0 Å². The smallest absolute Gasteiger partial charge is 0.267 e. The maximum Gasteiger partial charge on any atom is 0.267 e. The summed E-state index contributed by atoms with van der Waals surface area (Å²) in [4.78, 5) is 15.8. The van der Waals surface area contributed by atoms with Crippen molar-refractivity contribution in [2.45, 2.75) is 6.92 Å². The first-order valence-corrected chi connectivity index (χ1v) is 10.3. The van der Waals surface area contributed by atoms with Gasteiger partial charge in [0.05, 0.1) is 5.69 Å². The number of aryl methyl sites for hydroxylation is 1. The number of thiophene rings is 1. The van der Waals surface area contributed by atoms with Gasteiger partial charge in [0.15, 0.2) is 0 Å². The number of benzene rings is 2. The van der Waals surface area contributed by atoms with E-state index in [-0.39, 0.29) is 5.91 Å². The Balaban J connectivity index is 1.70. The molecule has 2 aromatic carbocycles. The lowest BCUT2D eigenvalue weighted by Gasteiger charge is -2.13. The van der Waals surface area contributed by atoms with E-state index in [1.807, 2.05) is 72.4 Å². The van der Waals surface area contributed by atoms with Crippen molar-refractivity contribution >= 4 is 28.6 Å². The molecule has 29 heavy (non-hydrogen) atoms. The third-order valence-corrected chi connectivity index (χ3v) is 5.81. The topological polar surface area (TPSA) is 37.3 Å². The van der Waals surface area contributed by atoms with E-state index in [9.17, 15) is 4.79 Å². The molecule has 0 aliphatic heterocycles. The van der Waals surface area contributed by atoms with Crippen molar-refractivity contribution < 1.29 is 4.79 Å². The van der Waals surface area contributed by atoms with Crippen LogP contribution in [0, 0.1) is 6.92 Å². The number of hydrogen-bond acceptors (Lipinski definition) is 3. The second-order valence-electron chi connectivity index (χ2n) is 7.18. The van der Waals surface area contributed by atoms with Crippen LogP contribution in [0.1, 0.15) is 15.2 Å². The van der Waals surface area contributed by atoms with Crippen LogP contribution in [0.4, 0.5) is 11.4 Å². The van der Waals surface area contributed by atoms with Gasteiger partial charge < -0.3 is 14.8 Å². The first-order valence-electron chi connectivity index (χ1n) is 9.43. The molecule has 1 amide bonds. The van der Waals surface area contributed by atoms with Crippen LogP contribution < -0.4 is 10.2 Å². The number of nitrogens with one attached hydrogen (secondary N) is 1. The van der Waals surface area contributed by atoms with Gasteiger partial charge in [-0.2, -0.15) is 0 Å². The molecule has 4 rings (SSSR count). The Labute approximate surface area is 175 Å². The highest BCUT2D eigenvalue weighted by Crippen LogP contribution is 2.35. The van der Waals surface area contributed by atoms with E-state index < -0.39 is 0 Å². The fourth-order valence-corrected chi connectivity index (χ4v) is 4.19. The summed E-state index contributed by atoms with van der Waals surface area (Å²) in [5, 5.41) is 5.10. The quantitative estimate of drug-likeness (QED) is 0.457. The average molecular weight is 402 g/mol. The summed E-state index contributed by atoms with van der Waals surface area (Å²) < 4.78 is 2.01. The number of hydrogen-bond donors (Lipinski definition) is 1. The molecule has 0 saturated carbocycles. The van der Waals surface area contributed by atoms with Gasteiger partial charge in [0, 0.05) is 48.8 Å². The molecule has 5 heteroatoms. The van der Waals surface area contributed by atoms with Gasteiger partial charge >= 0.3 is 0 Å². The minimum Gasteiger partial charge on any atom is -0.378 e. The van der Waals surface area contributed by atoms with Crippen molar-refractivity contribution in [1.82, 2.24) is 4.57 Å². The predicted molar refractivity (Wildman–Crippen MR) is 123 cm³/mol. The molecule has 4 nitrogen and oxygen atoms in total. The van der Waals surface area contributed by atoms with E-state index in [2.05, 4.69) is 41.9 Å². The maximum atomic E-state index is 13.1. The highest BCUT2D eigenvalue weighted by molar-refractivity contribution is 7.13. The molecule has 4 aromatic rings. The third kappa shape index (κ3) is 3.96. The number of carbonyl (C=O) groups is 1. The minimum atomic E-state index is -0.102. The van der Waals surface area contributed by atoms with E-state index in [4.69, 9.17) is 0 Å². The number of aromatic nitrogens is 1. The van der Waals surface area contributed by atoms with Gasteiger partial charge in [-0.1, -0.05) is 29.8 Å². The second kappa shape index (κ2) is 7.97. The predicted octanol–water partition coefficient (Wildman–Crippen LogP) is 5.83. The van der Waals surface area contributed by atoms with Crippen molar-refractivity contribution in [3.63, 3.8) is 0 Å². The Morgan fingerprint density at radius 2 is 1.62 bits per heavy atom. The lowest BCUT2D eigenvalue weighted by Crippen LogP contribution is -2.13. The normalized spacial score (nSPS) is 10.7. The van der Waals surface area contributed by atoms with E-state index in [0.29, 0.717) is 4.88 Å². The van der Waals surface area contributed by atoms with E-state index in [1.54, 1.807) is 0 Å². The highest BCUT2D eigenvalue weighted by Gasteiger charge is 2.20. The maximum absolute atomic E-state index is 13.1.